The second-order valence-corrected chi connectivity index (χ2v) is 10.1. The van der Waals surface area contributed by atoms with Gasteiger partial charge in [0, 0.05) is 20.9 Å². The molecular formula is C29H21N3OS2. The molecule has 1 aliphatic heterocycles. The van der Waals surface area contributed by atoms with Gasteiger partial charge in [-0.25, -0.2) is 4.98 Å². The van der Waals surface area contributed by atoms with Gasteiger partial charge in [-0.2, -0.15) is 0 Å². The summed E-state index contributed by atoms with van der Waals surface area (Å²) in [6, 6.07) is 36.4. The molecule has 5 aromatic rings. The molecule has 1 N–H and O–H groups in total. The zero-order valence-electron chi connectivity index (χ0n) is 18.7. The van der Waals surface area contributed by atoms with Gasteiger partial charge >= 0.3 is 0 Å². The molecule has 0 radical (unpaired) electrons. The van der Waals surface area contributed by atoms with Crippen LogP contribution in [0.25, 0.3) is 22.5 Å². The van der Waals surface area contributed by atoms with Crippen molar-refractivity contribution in [3.63, 3.8) is 0 Å². The number of hydrogen-bond acceptors (Lipinski definition) is 4. The number of anilines is 2. The molecule has 0 fully saturated rings. The maximum absolute atomic E-state index is 13.6. The van der Waals surface area contributed by atoms with Crippen molar-refractivity contribution in [3.05, 3.63) is 109 Å². The van der Waals surface area contributed by atoms with E-state index in [-0.39, 0.29) is 11.7 Å². The number of carbonyl (C=O) groups is 1. The molecule has 0 unspecified atom stereocenters. The smallest absolute Gasteiger partial charge is 0.242 e. The molecule has 1 aliphatic rings. The zero-order chi connectivity index (χ0) is 23.6. The molecule has 1 aromatic heterocycles. The lowest BCUT2D eigenvalue weighted by Crippen LogP contribution is -2.30. The average Bonchev–Trinajstić information content (AvgIpc) is 3.36. The number of nitrogens with one attached hydrogen (secondary N) is 1. The summed E-state index contributed by atoms with van der Waals surface area (Å²) < 4.78 is 0. The summed E-state index contributed by atoms with van der Waals surface area (Å²) in [5.41, 5.74) is 5.80. The molecule has 2 heterocycles. The molecule has 6 rings (SSSR count). The van der Waals surface area contributed by atoms with Gasteiger partial charge in [0.05, 0.1) is 28.5 Å². The quantitative estimate of drug-likeness (QED) is 0.256. The minimum absolute atomic E-state index is 0.0223. The van der Waals surface area contributed by atoms with Crippen molar-refractivity contribution in [3.8, 4) is 22.5 Å². The first-order valence-corrected chi connectivity index (χ1v) is 13.1. The van der Waals surface area contributed by atoms with Gasteiger partial charge in [0.15, 0.2) is 5.16 Å². The first kappa shape index (κ1) is 21.8. The molecule has 6 heteroatoms. The van der Waals surface area contributed by atoms with Crippen molar-refractivity contribution in [2.75, 3.05) is 10.7 Å². The number of carbonyl (C=O) groups excluding carboxylic acids is 1. The SMILES string of the molecule is O=C(CSc1nc(-c2ccccc2)c(-c2ccccc2)[nH]1)N1c2ccccc2Sc2ccccc21. The Morgan fingerprint density at radius 1 is 0.743 bits per heavy atom. The van der Waals surface area contributed by atoms with Crippen LogP contribution in [-0.2, 0) is 4.79 Å². The fraction of sp³-hybridized carbons (Fsp3) is 0.0345. The van der Waals surface area contributed by atoms with Crippen LogP contribution < -0.4 is 4.90 Å². The van der Waals surface area contributed by atoms with Crippen LogP contribution in [0, 0.1) is 0 Å². The predicted octanol–water partition coefficient (Wildman–Crippen LogP) is 7.67. The van der Waals surface area contributed by atoms with Crippen LogP contribution in [0.5, 0.6) is 0 Å². The van der Waals surface area contributed by atoms with Gasteiger partial charge in [-0.3, -0.25) is 9.69 Å². The van der Waals surface area contributed by atoms with Crippen molar-refractivity contribution in [2.24, 2.45) is 0 Å². The number of amides is 1. The van der Waals surface area contributed by atoms with E-state index >= 15 is 0 Å². The minimum Gasteiger partial charge on any atom is -0.332 e. The number of rotatable bonds is 5. The van der Waals surface area contributed by atoms with Crippen LogP contribution in [0.2, 0.25) is 0 Å². The number of imidazole rings is 1. The van der Waals surface area contributed by atoms with Gasteiger partial charge < -0.3 is 4.98 Å². The number of fused-ring (bicyclic) bond motifs is 2. The van der Waals surface area contributed by atoms with Crippen LogP contribution in [0.15, 0.2) is 124 Å². The summed E-state index contributed by atoms with van der Waals surface area (Å²) in [4.78, 5) is 26.0. The molecule has 35 heavy (non-hydrogen) atoms. The highest BCUT2D eigenvalue weighted by atomic mass is 32.2. The minimum atomic E-state index is 0.0223. The zero-order valence-corrected chi connectivity index (χ0v) is 20.4. The normalized spacial score (nSPS) is 12.2. The van der Waals surface area contributed by atoms with Gasteiger partial charge in [-0.15, -0.1) is 0 Å². The number of para-hydroxylation sites is 2. The lowest BCUT2D eigenvalue weighted by Gasteiger charge is -2.30. The van der Waals surface area contributed by atoms with Gasteiger partial charge in [-0.05, 0) is 24.3 Å². The van der Waals surface area contributed by atoms with E-state index in [9.17, 15) is 4.79 Å². The Balaban J connectivity index is 1.31. The molecule has 0 spiro atoms. The summed E-state index contributed by atoms with van der Waals surface area (Å²) >= 11 is 3.13. The highest BCUT2D eigenvalue weighted by Crippen LogP contribution is 2.48. The monoisotopic (exact) mass is 491 g/mol. The summed E-state index contributed by atoms with van der Waals surface area (Å²) in [7, 11) is 0. The highest BCUT2D eigenvalue weighted by molar-refractivity contribution is 8.00. The number of thioether (sulfide) groups is 1. The third-order valence-corrected chi connectivity index (χ3v) is 7.79. The van der Waals surface area contributed by atoms with E-state index in [1.165, 1.54) is 11.8 Å². The van der Waals surface area contributed by atoms with Crippen LogP contribution >= 0.6 is 23.5 Å². The van der Waals surface area contributed by atoms with Crippen LogP contribution in [-0.4, -0.2) is 21.6 Å². The van der Waals surface area contributed by atoms with Gasteiger partial charge in [-0.1, -0.05) is 108 Å². The number of nitrogens with zero attached hydrogens (tertiary/aromatic N) is 2. The second-order valence-electron chi connectivity index (χ2n) is 8.05. The lowest BCUT2D eigenvalue weighted by atomic mass is 10.1. The molecule has 1 amide bonds. The average molecular weight is 492 g/mol. The van der Waals surface area contributed by atoms with Crippen LogP contribution in [0.1, 0.15) is 0 Å². The van der Waals surface area contributed by atoms with Crippen LogP contribution in [0.3, 0.4) is 0 Å². The largest absolute Gasteiger partial charge is 0.332 e. The third-order valence-electron chi connectivity index (χ3n) is 5.81. The topological polar surface area (TPSA) is 49.0 Å². The van der Waals surface area contributed by atoms with E-state index in [4.69, 9.17) is 4.98 Å². The molecule has 4 nitrogen and oxygen atoms in total. The standard InChI is InChI=1S/C29H21N3OS2/c33-26(32-22-15-7-9-17-24(22)35-25-18-10-8-16-23(25)32)19-34-29-30-27(20-11-3-1-4-12-20)28(31-29)21-13-5-2-6-14-21/h1-18H,19H2,(H,30,31). The van der Waals surface area contributed by atoms with E-state index in [0.29, 0.717) is 0 Å². The molecule has 0 bridgehead atoms. The summed E-state index contributed by atoms with van der Waals surface area (Å²) in [6.07, 6.45) is 0. The highest BCUT2D eigenvalue weighted by Gasteiger charge is 2.28. The van der Waals surface area contributed by atoms with Gasteiger partial charge in [0.1, 0.15) is 0 Å². The number of aromatic nitrogens is 2. The first-order valence-electron chi connectivity index (χ1n) is 11.3. The molecule has 0 saturated carbocycles. The number of benzene rings is 4. The molecular weight excluding hydrogens is 470 g/mol. The Bertz CT molecular complexity index is 1400. The first-order chi connectivity index (χ1) is 17.3. The predicted molar refractivity (Wildman–Crippen MR) is 144 cm³/mol. The Morgan fingerprint density at radius 3 is 1.91 bits per heavy atom. The van der Waals surface area contributed by atoms with E-state index in [1.54, 1.807) is 11.8 Å². The number of aromatic amines is 1. The van der Waals surface area contributed by atoms with Crippen molar-refractivity contribution in [2.45, 2.75) is 14.9 Å². The summed E-state index contributed by atoms with van der Waals surface area (Å²) in [6.45, 7) is 0. The molecule has 0 aliphatic carbocycles. The molecule has 0 saturated heterocycles. The van der Waals surface area contributed by atoms with Gasteiger partial charge in [0.2, 0.25) is 5.91 Å². The van der Waals surface area contributed by atoms with E-state index in [1.807, 2.05) is 77.7 Å². The Hall–Kier alpha value is -3.74. The van der Waals surface area contributed by atoms with Gasteiger partial charge in [0.25, 0.3) is 0 Å². The molecule has 4 aromatic carbocycles. The van der Waals surface area contributed by atoms with Crippen molar-refractivity contribution >= 4 is 40.8 Å². The Morgan fingerprint density at radius 2 is 1.29 bits per heavy atom. The van der Waals surface area contributed by atoms with E-state index in [0.717, 1.165) is 48.8 Å². The van der Waals surface area contributed by atoms with E-state index in [2.05, 4.69) is 41.4 Å². The fourth-order valence-electron chi connectivity index (χ4n) is 4.21. The molecule has 0 atom stereocenters. The van der Waals surface area contributed by atoms with Crippen molar-refractivity contribution < 1.29 is 4.79 Å². The summed E-state index contributed by atoms with van der Waals surface area (Å²) in [5, 5.41) is 0.726. The van der Waals surface area contributed by atoms with Crippen molar-refractivity contribution in [1.82, 2.24) is 9.97 Å². The molecule has 170 valence electrons. The maximum atomic E-state index is 13.6. The fourth-order valence-corrected chi connectivity index (χ4v) is 5.98. The Kier molecular flexibility index (Phi) is 5.90. The second kappa shape index (κ2) is 9.49. The number of hydrogen-bond donors (Lipinski definition) is 1. The third kappa shape index (κ3) is 4.27. The van der Waals surface area contributed by atoms with Crippen molar-refractivity contribution in [1.29, 1.82) is 0 Å². The van der Waals surface area contributed by atoms with E-state index < -0.39 is 0 Å². The maximum Gasteiger partial charge on any atom is 0.242 e. The number of H-pyrrole nitrogens is 1. The van der Waals surface area contributed by atoms with Crippen LogP contribution in [0.4, 0.5) is 11.4 Å². The Labute approximate surface area is 212 Å². The lowest BCUT2D eigenvalue weighted by molar-refractivity contribution is -0.115. The summed E-state index contributed by atoms with van der Waals surface area (Å²) in [5.74, 6) is 0.290.